The molecule has 0 radical (unpaired) electrons. The second-order valence-electron chi connectivity index (χ2n) is 6.44. The van der Waals surface area contributed by atoms with Crippen LogP contribution >= 0.6 is 0 Å². The van der Waals surface area contributed by atoms with Gasteiger partial charge in [0.25, 0.3) is 0 Å². The van der Waals surface area contributed by atoms with Gasteiger partial charge in [0.05, 0.1) is 12.2 Å². The Labute approximate surface area is 143 Å². The second kappa shape index (κ2) is 5.80. The molecule has 2 atom stereocenters. The summed E-state index contributed by atoms with van der Waals surface area (Å²) in [5.74, 6) is 0.550. The molecule has 0 N–H and O–H groups in total. The summed E-state index contributed by atoms with van der Waals surface area (Å²) in [7, 11) is 0. The van der Waals surface area contributed by atoms with Crippen molar-refractivity contribution in [2.75, 3.05) is 0 Å². The molecule has 2 heterocycles. The van der Waals surface area contributed by atoms with E-state index in [1.165, 1.54) is 0 Å². The van der Waals surface area contributed by atoms with Crippen LogP contribution < -0.4 is 0 Å². The molecule has 0 amide bonds. The number of hydrogen-bond acceptors (Lipinski definition) is 6. The lowest BCUT2D eigenvalue weighted by molar-refractivity contribution is -0.496. The molecule has 1 aliphatic rings. The fourth-order valence-corrected chi connectivity index (χ4v) is 3.00. The highest BCUT2D eigenvalue weighted by Crippen LogP contribution is 2.42. The Kier molecular flexibility index (Phi) is 3.60. The van der Waals surface area contributed by atoms with E-state index in [1.54, 1.807) is 0 Å². The van der Waals surface area contributed by atoms with Crippen LogP contribution in [-0.4, -0.2) is 30.9 Å². The molecular weight excluding hydrogens is 322 g/mol. The molecule has 1 aromatic carbocycles. The first-order chi connectivity index (χ1) is 12.0. The summed E-state index contributed by atoms with van der Waals surface area (Å²) < 4.78 is 7.17. The van der Waals surface area contributed by atoms with Gasteiger partial charge in [0, 0.05) is 22.6 Å². The van der Waals surface area contributed by atoms with Crippen molar-refractivity contribution in [2.24, 2.45) is 0 Å². The van der Waals surface area contributed by atoms with Crippen LogP contribution in [0.25, 0.3) is 11.4 Å². The number of nitro groups is 1. The number of hydrogen-bond donors (Lipinski definition) is 0. The summed E-state index contributed by atoms with van der Waals surface area (Å²) in [4.78, 5) is 14.8. The molecule has 0 unspecified atom stereocenters. The largest absolute Gasteiger partial charge is 0.338 e. The van der Waals surface area contributed by atoms with Gasteiger partial charge in [-0.1, -0.05) is 23.4 Å². The van der Waals surface area contributed by atoms with Gasteiger partial charge < -0.3 is 4.52 Å². The van der Waals surface area contributed by atoms with E-state index >= 15 is 0 Å². The smallest absolute Gasteiger partial charge is 0.237 e. The highest BCUT2D eigenvalue weighted by atomic mass is 16.6. The lowest BCUT2D eigenvalue weighted by atomic mass is 10.1. The SMILES string of the molecule is Cc1cc(C)n(Cc2cccc(-c3noc([C@@H]4C[C@H]4[N+](=O)[O-])n3)c2)n1. The van der Waals surface area contributed by atoms with Crippen molar-refractivity contribution in [3.63, 3.8) is 0 Å². The minimum atomic E-state index is -0.592. The van der Waals surface area contributed by atoms with Gasteiger partial charge >= 0.3 is 0 Å². The number of nitrogens with zero attached hydrogens (tertiary/aromatic N) is 5. The van der Waals surface area contributed by atoms with Gasteiger partial charge in [0.1, 0.15) is 5.92 Å². The minimum absolute atomic E-state index is 0.255. The maximum Gasteiger partial charge on any atom is 0.237 e. The molecule has 8 nitrogen and oxygen atoms in total. The Morgan fingerprint density at radius 3 is 2.88 bits per heavy atom. The highest BCUT2D eigenvalue weighted by Gasteiger charge is 2.53. The molecule has 4 rings (SSSR count). The van der Waals surface area contributed by atoms with Crippen LogP contribution in [-0.2, 0) is 6.54 Å². The molecule has 8 heteroatoms. The fourth-order valence-electron chi connectivity index (χ4n) is 3.00. The second-order valence-corrected chi connectivity index (χ2v) is 6.44. The van der Waals surface area contributed by atoms with Gasteiger partial charge in [0.15, 0.2) is 0 Å². The first-order valence-electron chi connectivity index (χ1n) is 8.09. The van der Waals surface area contributed by atoms with Gasteiger partial charge in [-0.25, -0.2) is 0 Å². The van der Waals surface area contributed by atoms with Crippen LogP contribution in [0.4, 0.5) is 0 Å². The van der Waals surface area contributed by atoms with Crippen molar-refractivity contribution in [1.82, 2.24) is 19.9 Å². The lowest BCUT2D eigenvalue weighted by Crippen LogP contribution is -2.04. The molecule has 25 heavy (non-hydrogen) atoms. The molecule has 3 aromatic rings. The van der Waals surface area contributed by atoms with E-state index in [1.807, 2.05) is 48.9 Å². The average Bonchev–Trinajstić information content (AvgIpc) is 3.12. The fraction of sp³-hybridized carbons (Fsp3) is 0.353. The van der Waals surface area contributed by atoms with Crippen molar-refractivity contribution >= 4 is 0 Å². The summed E-state index contributed by atoms with van der Waals surface area (Å²) in [6, 6.07) is 9.29. The van der Waals surface area contributed by atoms with Crippen molar-refractivity contribution in [2.45, 2.75) is 38.8 Å². The van der Waals surface area contributed by atoms with E-state index in [-0.39, 0.29) is 10.8 Å². The molecule has 0 bridgehead atoms. The standard InChI is InChI=1S/C17H17N5O3/c1-10-6-11(2)21(19-10)9-12-4-3-5-13(7-12)16-18-17(25-20-16)14-8-15(14)22(23)24/h3-7,14-15H,8-9H2,1-2H3/t14-,15-/m1/s1. The third-order valence-corrected chi connectivity index (χ3v) is 4.41. The molecule has 1 fully saturated rings. The Morgan fingerprint density at radius 2 is 2.20 bits per heavy atom. The average molecular weight is 339 g/mol. The summed E-state index contributed by atoms with van der Waals surface area (Å²) in [5, 5.41) is 19.2. The predicted octanol–water partition coefficient (Wildman–Crippen LogP) is 2.73. The number of benzene rings is 1. The zero-order valence-corrected chi connectivity index (χ0v) is 13.9. The third kappa shape index (κ3) is 3.02. The molecular formula is C17H17N5O3. The van der Waals surface area contributed by atoms with Crippen molar-refractivity contribution in [3.05, 3.63) is 63.3 Å². The number of rotatable bonds is 5. The van der Waals surface area contributed by atoms with Gasteiger partial charge in [-0.15, -0.1) is 0 Å². The molecule has 2 aromatic heterocycles. The summed E-state index contributed by atoms with van der Waals surface area (Å²) in [6.45, 7) is 4.65. The van der Waals surface area contributed by atoms with Crippen molar-refractivity contribution in [3.8, 4) is 11.4 Å². The van der Waals surface area contributed by atoms with E-state index in [0.717, 1.165) is 22.5 Å². The quantitative estimate of drug-likeness (QED) is 0.523. The topological polar surface area (TPSA) is 99.9 Å². The van der Waals surface area contributed by atoms with Gasteiger partial charge in [-0.3, -0.25) is 14.8 Å². The highest BCUT2D eigenvalue weighted by molar-refractivity contribution is 5.55. The maximum atomic E-state index is 10.8. The number of aromatic nitrogens is 4. The summed E-state index contributed by atoms with van der Waals surface area (Å²) in [5.41, 5.74) is 3.99. The van der Waals surface area contributed by atoms with Crippen LogP contribution in [0.15, 0.2) is 34.9 Å². The van der Waals surface area contributed by atoms with Crippen molar-refractivity contribution in [1.29, 1.82) is 0 Å². The van der Waals surface area contributed by atoms with E-state index in [9.17, 15) is 10.1 Å². The third-order valence-electron chi connectivity index (χ3n) is 4.41. The van der Waals surface area contributed by atoms with Crippen LogP contribution in [0.3, 0.4) is 0 Å². The predicted molar refractivity (Wildman–Crippen MR) is 88.7 cm³/mol. The molecule has 1 aliphatic carbocycles. The Bertz CT molecular complexity index is 945. The Balaban J connectivity index is 1.55. The first kappa shape index (κ1) is 15.5. The molecule has 0 spiro atoms. The minimum Gasteiger partial charge on any atom is -0.338 e. The van der Waals surface area contributed by atoms with Gasteiger partial charge in [-0.2, -0.15) is 10.1 Å². The molecule has 0 saturated heterocycles. The van der Waals surface area contributed by atoms with Gasteiger partial charge in [0.2, 0.25) is 17.8 Å². The Hall–Kier alpha value is -3.03. The van der Waals surface area contributed by atoms with Gasteiger partial charge in [-0.05, 0) is 31.5 Å². The number of aryl methyl sites for hydroxylation is 2. The van der Waals surface area contributed by atoms with Crippen LogP contribution in [0.2, 0.25) is 0 Å². The zero-order valence-electron chi connectivity index (χ0n) is 13.9. The molecule has 128 valence electrons. The van der Waals surface area contributed by atoms with E-state index in [2.05, 4.69) is 15.2 Å². The van der Waals surface area contributed by atoms with Crippen LogP contribution in [0.1, 0.15) is 35.2 Å². The summed E-state index contributed by atoms with van der Waals surface area (Å²) in [6.07, 6.45) is 0.465. The monoisotopic (exact) mass is 339 g/mol. The first-order valence-corrected chi connectivity index (χ1v) is 8.09. The molecule has 0 aliphatic heterocycles. The molecule has 1 saturated carbocycles. The van der Waals surface area contributed by atoms with Crippen molar-refractivity contribution < 1.29 is 9.45 Å². The Morgan fingerprint density at radius 1 is 1.36 bits per heavy atom. The zero-order chi connectivity index (χ0) is 17.6. The van der Waals surface area contributed by atoms with Crippen LogP contribution in [0.5, 0.6) is 0 Å². The van der Waals surface area contributed by atoms with E-state index < -0.39 is 6.04 Å². The lowest BCUT2D eigenvalue weighted by Gasteiger charge is -2.05. The van der Waals surface area contributed by atoms with E-state index in [4.69, 9.17) is 4.52 Å². The van der Waals surface area contributed by atoms with E-state index in [0.29, 0.717) is 24.7 Å². The summed E-state index contributed by atoms with van der Waals surface area (Å²) >= 11 is 0. The normalized spacial score (nSPS) is 19.1. The maximum absolute atomic E-state index is 10.8. The van der Waals surface area contributed by atoms with Crippen LogP contribution in [0, 0.1) is 24.0 Å².